The molecule has 1 aliphatic rings. The van der Waals surface area contributed by atoms with Crippen LogP contribution in [0.25, 0.3) is 0 Å². The fourth-order valence-electron chi connectivity index (χ4n) is 2.15. The molecule has 0 saturated heterocycles. The minimum Gasteiger partial charge on any atom is -0.0590 e. The van der Waals surface area contributed by atoms with E-state index in [4.69, 9.17) is 0 Å². The van der Waals surface area contributed by atoms with E-state index in [9.17, 15) is 0 Å². The topological polar surface area (TPSA) is 0 Å². The van der Waals surface area contributed by atoms with Crippen LogP contribution in [-0.2, 0) is 6.42 Å². The van der Waals surface area contributed by atoms with Gasteiger partial charge in [0.1, 0.15) is 0 Å². The maximum atomic E-state index is 2.36. The van der Waals surface area contributed by atoms with Crippen molar-refractivity contribution in [3.05, 3.63) is 34.9 Å². The lowest BCUT2D eigenvalue weighted by Crippen LogP contribution is -2.06. The van der Waals surface area contributed by atoms with Crippen LogP contribution in [0.15, 0.2) is 18.2 Å². The zero-order valence-corrected chi connectivity index (χ0v) is 7.93. The molecule has 0 nitrogen and oxygen atoms in total. The van der Waals surface area contributed by atoms with Gasteiger partial charge in [0.15, 0.2) is 0 Å². The Morgan fingerprint density at radius 2 is 2.17 bits per heavy atom. The quantitative estimate of drug-likeness (QED) is 0.545. The molecule has 0 saturated carbocycles. The molecule has 0 aliphatic heterocycles. The summed E-state index contributed by atoms with van der Waals surface area (Å²) in [6.45, 7) is 4.53. The Hall–Kier alpha value is -0.780. The fourth-order valence-corrected chi connectivity index (χ4v) is 2.15. The molecule has 0 aromatic heterocycles. The van der Waals surface area contributed by atoms with E-state index < -0.39 is 0 Å². The summed E-state index contributed by atoms with van der Waals surface area (Å²) in [6.07, 6.45) is 4.04. The van der Waals surface area contributed by atoms with Gasteiger partial charge in [-0.3, -0.25) is 0 Å². The van der Waals surface area contributed by atoms with Crippen molar-refractivity contribution in [2.75, 3.05) is 0 Å². The third kappa shape index (κ3) is 1.26. The van der Waals surface area contributed by atoms with Crippen LogP contribution in [0.3, 0.4) is 0 Å². The number of fused-ring (bicyclic) bond motifs is 1. The zero-order chi connectivity index (χ0) is 8.55. The van der Waals surface area contributed by atoms with Crippen molar-refractivity contribution in [1.29, 1.82) is 0 Å². The van der Waals surface area contributed by atoms with Gasteiger partial charge in [0.2, 0.25) is 0 Å². The first-order valence-corrected chi connectivity index (χ1v) is 4.87. The van der Waals surface area contributed by atoms with Gasteiger partial charge >= 0.3 is 0 Å². The summed E-state index contributed by atoms with van der Waals surface area (Å²) in [5.41, 5.74) is 4.59. The molecule has 0 unspecified atom stereocenters. The van der Waals surface area contributed by atoms with E-state index in [0.29, 0.717) is 0 Å². The number of hydrogen-bond donors (Lipinski definition) is 0. The summed E-state index contributed by atoms with van der Waals surface area (Å²) in [7, 11) is 0. The van der Waals surface area contributed by atoms with Crippen LogP contribution in [-0.4, -0.2) is 0 Å². The maximum absolute atomic E-state index is 2.36. The molecular weight excluding hydrogens is 144 g/mol. The van der Waals surface area contributed by atoms with Gasteiger partial charge in [-0.25, -0.2) is 0 Å². The van der Waals surface area contributed by atoms with Crippen molar-refractivity contribution in [2.24, 2.45) is 0 Å². The largest absolute Gasteiger partial charge is 0.0590 e. The van der Waals surface area contributed by atoms with Crippen molar-refractivity contribution in [3.8, 4) is 0 Å². The standard InChI is InChI=1S/C12H16/c1-9-6-7-11-5-3-4-10(2)12(11)8-9/h6-8,10H,3-5H2,1-2H3/t10-/m1/s1. The van der Waals surface area contributed by atoms with Gasteiger partial charge in [0.25, 0.3) is 0 Å². The predicted octanol–water partition coefficient (Wildman–Crippen LogP) is 3.43. The molecule has 0 N–H and O–H groups in total. The number of hydrogen-bond acceptors (Lipinski definition) is 0. The molecule has 0 bridgehead atoms. The lowest BCUT2D eigenvalue weighted by Gasteiger charge is -2.22. The van der Waals surface area contributed by atoms with E-state index in [1.165, 1.54) is 24.8 Å². The monoisotopic (exact) mass is 160 g/mol. The first-order valence-electron chi connectivity index (χ1n) is 4.87. The molecule has 0 amide bonds. The summed E-state index contributed by atoms with van der Waals surface area (Å²) in [5, 5.41) is 0. The second kappa shape index (κ2) is 2.93. The fraction of sp³-hybridized carbons (Fsp3) is 0.500. The molecule has 1 aromatic rings. The average Bonchev–Trinajstić information content (AvgIpc) is 2.07. The minimum absolute atomic E-state index is 0.786. The second-order valence-corrected chi connectivity index (χ2v) is 4.00. The maximum Gasteiger partial charge on any atom is -0.0187 e. The molecule has 0 radical (unpaired) electrons. The summed E-state index contributed by atoms with van der Waals surface area (Å²) < 4.78 is 0. The van der Waals surface area contributed by atoms with E-state index in [0.717, 1.165) is 5.92 Å². The lowest BCUT2D eigenvalue weighted by atomic mass is 9.83. The van der Waals surface area contributed by atoms with Gasteiger partial charge in [-0.1, -0.05) is 30.7 Å². The highest BCUT2D eigenvalue weighted by atomic mass is 14.2. The van der Waals surface area contributed by atoms with Gasteiger partial charge in [0.05, 0.1) is 0 Å². The van der Waals surface area contributed by atoms with Crippen molar-refractivity contribution in [1.82, 2.24) is 0 Å². The lowest BCUT2D eigenvalue weighted by molar-refractivity contribution is 0.590. The molecule has 12 heavy (non-hydrogen) atoms. The molecule has 0 heteroatoms. The van der Waals surface area contributed by atoms with Crippen LogP contribution in [0.4, 0.5) is 0 Å². The zero-order valence-electron chi connectivity index (χ0n) is 7.93. The molecule has 2 rings (SSSR count). The van der Waals surface area contributed by atoms with E-state index in [1.807, 2.05) is 0 Å². The number of rotatable bonds is 0. The third-order valence-electron chi connectivity index (χ3n) is 2.92. The SMILES string of the molecule is Cc1ccc2c(c1)[C@H](C)CCC2. The van der Waals surface area contributed by atoms with Crippen molar-refractivity contribution in [2.45, 2.75) is 39.0 Å². The predicted molar refractivity (Wildman–Crippen MR) is 52.5 cm³/mol. The Bertz CT molecular complexity index is 286. The first kappa shape index (κ1) is 7.85. The van der Waals surface area contributed by atoms with E-state index in [2.05, 4.69) is 32.0 Å². The van der Waals surface area contributed by atoms with Crippen molar-refractivity contribution in [3.63, 3.8) is 0 Å². The van der Waals surface area contributed by atoms with E-state index in [1.54, 1.807) is 11.1 Å². The molecule has 1 aromatic carbocycles. The van der Waals surface area contributed by atoms with Crippen LogP contribution >= 0.6 is 0 Å². The molecule has 0 fully saturated rings. The van der Waals surface area contributed by atoms with Gasteiger partial charge in [-0.2, -0.15) is 0 Å². The molecule has 0 heterocycles. The van der Waals surface area contributed by atoms with Gasteiger partial charge < -0.3 is 0 Å². The normalized spacial score (nSPS) is 22.0. The Labute approximate surface area is 74.6 Å². The minimum atomic E-state index is 0.786. The molecule has 1 aliphatic carbocycles. The van der Waals surface area contributed by atoms with E-state index >= 15 is 0 Å². The van der Waals surface area contributed by atoms with Crippen LogP contribution < -0.4 is 0 Å². The van der Waals surface area contributed by atoms with Crippen LogP contribution in [0.2, 0.25) is 0 Å². The molecule has 64 valence electrons. The number of benzene rings is 1. The molecule has 0 spiro atoms. The van der Waals surface area contributed by atoms with Gasteiger partial charge in [-0.15, -0.1) is 0 Å². The highest BCUT2D eigenvalue weighted by molar-refractivity contribution is 5.35. The Morgan fingerprint density at radius 1 is 1.33 bits per heavy atom. The molecular formula is C12H16. The van der Waals surface area contributed by atoms with Gasteiger partial charge in [0, 0.05) is 0 Å². The smallest absolute Gasteiger partial charge is 0.0187 e. The summed E-state index contributed by atoms with van der Waals surface area (Å²) in [5.74, 6) is 0.786. The Kier molecular flexibility index (Phi) is 1.92. The van der Waals surface area contributed by atoms with Crippen molar-refractivity contribution >= 4 is 0 Å². The average molecular weight is 160 g/mol. The van der Waals surface area contributed by atoms with E-state index in [-0.39, 0.29) is 0 Å². The van der Waals surface area contributed by atoms with Crippen LogP contribution in [0.5, 0.6) is 0 Å². The Balaban J connectivity index is 2.47. The summed E-state index contributed by atoms with van der Waals surface area (Å²) >= 11 is 0. The summed E-state index contributed by atoms with van der Waals surface area (Å²) in [4.78, 5) is 0. The number of aryl methyl sites for hydroxylation is 2. The van der Waals surface area contributed by atoms with Crippen molar-refractivity contribution < 1.29 is 0 Å². The highest BCUT2D eigenvalue weighted by Crippen LogP contribution is 2.31. The highest BCUT2D eigenvalue weighted by Gasteiger charge is 2.15. The molecule has 1 atom stereocenters. The van der Waals surface area contributed by atoms with Crippen LogP contribution in [0, 0.1) is 6.92 Å². The second-order valence-electron chi connectivity index (χ2n) is 4.00. The third-order valence-corrected chi connectivity index (χ3v) is 2.92. The Morgan fingerprint density at radius 3 is 3.00 bits per heavy atom. The summed E-state index contributed by atoms with van der Waals surface area (Å²) in [6, 6.07) is 6.90. The first-order chi connectivity index (χ1) is 5.77. The van der Waals surface area contributed by atoms with Gasteiger partial charge in [-0.05, 0) is 43.2 Å². The van der Waals surface area contributed by atoms with Crippen LogP contribution in [0.1, 0.15) is 42.4 Å².